The minimum absolute atomic E-state index is 0. The van der Waals surface area contributed by atoms with Crippen molar-refractivity contribution in [2.75, 3.05) is 25.0 Å². The topological polar surface area (TPSA) is 75.4 Å². The molecule has 94 valence electrons. The van der Waals surface area contributed by atoms with Gasteiger partial charge in [0.2, 0.25) is 11.8 Å². The summed E-state index contributed by atoms with van der Waals surface area (Å²) in [5.41, 5.74) is 5.90. The largest absolute Gasteiger partial charge is 0.346 e. The van der Waals surface area contributed by atoms with Gasteiger partial charge in [0.25, 0.3) is 0 Å². The number of para-hydroxylation sites is 1. The number of amides is 2. The number of hydrogen-bond donors (Lipinski definition) is 2. The summed E-state index contributed by atoms with van der Waals surface area (Å²) in [7, 11) is 1.66. The summed E-state index contributed by atoms with van der Waals surface area (Å²) in [4.78, 5) is 24.0. The van der Waals surface area contributed by atoms with Crippen molar-refractivity contribution in [3.05, 3.63) is 30.3 Å². The smallest absolute Gasteiger partial charge is 0.246 e. The van der Waals surface area contributed by atoms with E-state index in [0.717, 1.165) is 5.69 Å². The van der Waals surface area contributed by atoms with Gasteiger partial charge < -0.3 is 16.0 Å². The first-order chi connectivity index (χ1) is 7.65. The van der Waals surface area contributed by atoms with Crippen LogP contribution in [0.4, 0.5) is 5.69 Å². The zero-order valence-electron chi connectivity index (χ0n) is 9.55. The predicted molar refractivity (Wildman–Crippen MR) is 69.2 cm³/mol. The number of carbonyl (C=O) groups excluding carboxylic acids is 2. The van der Waals surface area contributed by atoms with E-state index in [2.05, 4.69) is 5.32 Å². The van der Waals surface area contributed by atoms with E-state index < -0.39 is 0 Å². The number of nitrogens with two attached hydrogens (primary N) is 1. The van der Waals surface area contributed by atoms with E-state index >= 15 is 0 Å². The van der Waals surface area contributed by atoms with Crippen LogP contribution in [-0.4, -0.2) is 32.0 Å². The Hall–Kier alpha value is -1.59. The van der Waals surface area contributed by atoms with Crippen molar-refractivity contribution < 1.29 is 9.59 Å². The second-order valence-electron chi connectivity index (χ2n) is 3.27. The fourth-order valence-corrected chi connectivity index (χ4v) is 1.16. The zero-order chi connectivity index (χ0) is 12.0. The number of likely N-dealkylation sites (N-methyl/N-ethyl adjacent to an activating group) is 1. The van der Waals surface area contributed by atoms with Crippen LogP contribution in [-0.2, 0) is 9.59 Å². The third kappa shape index (κ3) is 4.84. The van der Waals surface area contributed by atoms with Crippen LogP contribution in [0, 0.1) is 0 Å². The fourth-order valence-electron chi connectivity index (χ4n) is 1.16. The lowest BCUT2D eigenvalue weighted by atomic mass is 10.3. The van der Waals surface area contributed by atoms with E-state index in [1.807, 2.05) is 30.3 Å². The molecule has 17 heavy (non-hydrogen) atoms. The third-order valence-electron chi connectivity index (χ3n) is 2.14. The van der Waals surface area contributed by atoms with E-state index in [1.165, 1.54) is 4.90 Å². The van der Waals surface area contributed by atoms with Crippen LogP contribution in [0.1, 0.15) is 0 Å². The molecule has 0 saturated heterocycles. The normalized spacial score (nSPS) is 9.06. The van der Waals surface area contributed by atoms with Crippen molar-refractivity contribution in [2.45, 2.75) is 0 Å². The lowest BCUT2D eigenvalue weighted by Crippen LogP contribution is -2.40. The Bertz CT molecular complexity index is 370. The average Bonchev–Trinajstić information content (AvgIpc) is 2.35. The van der Waals surface area contributed by atoms with Gasteiger partial charge in [-0.25, -0.2) is 0 Å². The van der Waals surface area contributed by atoms with E-state index in [9.17, 15) is 9.59 Å². The summed E-state index contributed by atoms with van der Waals surface area (Å²) >= 11 is 0. The van der Waals surface area contributed by atoms with Crippen LogP contribution in [0.3, 0.4) is 0 Å². The van der Waals surface area contributed by atoms with Crippen LogP contribution in [0.5, 0.6) is 0 Å². The van der Waals surface area contributed by atoms with Crippen molar-refractivity contribution in [1.29, 1.82) is 0 Å². The molecule has 5 nitrogen and oxygen atoms in total. The predicted octanol–water partition coefficient (Wildman–Crippen LogP) is 0.146. The molecule has 0 radical (unpaired) electrons. The SMILES string of the molecule is CN(C(=O)CNC(=O)CN)c1ccccc1.Cl. The molecule has 0 bridgehead atoms. The molecule has 0 heterocycles. The van der Waals surface area contributed by atoms with Crippen LogP contribution in [0.25, 0.3) is 0 Å². The van der Waals surface area contributed by atoms with Crippen LogP contribution < -0.4 is 16.0 Å². The number of hydrogen-bond acceptors (Lipinski definition) is 3. The van der Waals surface area contributed by atoms with Crippen LogP contribution >= 0.6 is 12.4 Å². The zero-order valence-corrected chi connectivity index (χ0v) is 10.4. The summed E-state index contributed by atoms with van der Waals surface area (Å²) in [6.07, 6.45) is 0. The van der Waals surface area contributed by atoms with Crippen molar-refractivity contribution in [3.63, 3.8) is 0 Å². The molecule has 2 amide bonds. The number of nitrogens with zero attached hydrogens (tertiary/aromatic N) is 1. The second kappa shape index (κ2) is 7.65. The highest BCUT2D eigenvalue weighted by Gasteiger charge is 2.10. The summed E-state index contributed by atoms with van der Waals surface area (Å²) in [5.74, 6) is -0.525. The van der Waals surface area contributed by atoms with Crippen molar-refractivity contribution >= 4 is 29.9 Å². The van der Waals surface area contributed by atoms with Crippen LogP contribution in [0.2, 0.25) is 0 Å². The fraction of sp³-hybridized carbons (Fsp3) is 0.273. The molecule has 1 aromatic carbocycles. The second-order valence-corrected chi connectivity index (χ2v) is 3.27. The van der Waals surface area contributed by atoms with E-state index in [4.69, 9.17) is 5.73 Å². The Balaban J connectivity index is 0.00000256. The van der Waals surface area contributed by atoms with Gasteiger partial charge in [-0.05, 0) is 12.1 Å². The van der Waals surface area contributed by atoms with Crippen molar-refractivity contribution in [3.8, 4) is 0 Å². The Morgan fingerprint density at radius 3 is 2.41 bits per heavy atom. The Morgan fingerprint density at radius 1 is 1.29 bits per heavy atom. The molecule has 0 spiro atoms. The number of anilines is 1. The van der Waals surface area contributed by atoms with Gasteiger partial charge >= 0.3 is 0 Å². The monoisotopic (exact) mass is 257 g/mol. The third-order valence-corrected chi connectivity index (χ3v) is 2.14. The van der Waals surface area contributed by atoms with Gasteiger partial charge in [0.05, 0.1) is 13.1 Å². The summed E-state index contributed by atoms with van der Waals surface area (Å²) in [5, 5.41) is 2.43. The summed E-state index contributed by atoms with van der Waals surface area (Å²) in [6, 6.07) is 9.21. The van der Waals surface area contributed by atoms with Gasteiger partial charge in [0.1, 0.15) is 0 Å². The van der Waals surface area contributed by atoms with Gasteiger partial charge in [0.15, 0.2) is 0 Å². The first kappa shape index (κ1) is 15.4. The standard InChI is InChI=1S/C11H15N3O2.ClH/c1-14(9-5-3-2-4-6-9)11(16)8-13-10(15)7-12;/h2-6H,7-8,12H2,1H3,(H,13,15);1H. The number of nitrogens with one attached hydrogen (secondary N) is 1. The summed E-state index contributed by atoms with van der Waals surface area (Å²) in [6.45, 7) is -0.149. The maximum atomic E-state index is 11.6. The quantitative estimate of drug-likeness (QED) is 0.806. The molecule has 1 aromatic rings. The molecular weight excluding hydrogens is 242 g/mol. The van der Waals surface area contributed by atoms with E-state index in [-0.39, 0.29) is 37.3 Å². The minimum atomic E-state index is -0.338. The summed E-state index contributed by atoms with van der Waals surface area (Å²) < 4.78 is 0. The first-order valence-corrected chi connectivity index (χ1v) is 4.93. The lowest BCUT2D eigenvalue weighted by molar-refractivity contribution is -0.124. The van der Waals surface area contributed by atoms with Crippen molar-refractivity contribution in [2.24, 2.45) is 5.73 Å². The highest BCUT2D eigenvalue weighted by atomic mass is 35.5. The Labute approximate surface area is 106 Å². The molecule has 0 aromatic heterocycles. The maximum absolute atomic E-state index is 11.6. The maximum Gasteiger partial charge on any atom is 0.246 e. The molecule has 0 saturated carbocycles. The molecule has 6 heteroatoms. The van der Waals surface area contributed by atoms with Gasteiger partial charge in [-0.3, -0.25) is 9.59 Å². The lowest BCUT2D eigenvalue weighted by Gasteiger charge is -2.17. The molecule has 3 N–H and O–H groups in total. The number of benzene rings is 1. The Kier molecular flexibility index (Phi) is 6.93. The number of halogens is 1. The number of rotatable bonds is 4. The Morgan fingerprint density at radius 2 is 1.88 bits per heavy atom. The average molecular weight is 258 g/mol. The highest BCUT2D eigenvalue weighted by Crippen LogP contribution is 2.10. The molecular formula is C11H16ClN3O2. The molecule has 0 fully saturated rings. The van der Waals surface area contributed by atoms with Crippen molar-refractivity contribution in [1.82, 2.24) is 5.32 Å². The molecule has 0 aliphatic heterocycles. The molecule has 0 aliphatic carbocycles. The number of carbonyl (C=O) groups is 2. The first-order valence-electron chi connectivity index (χ1n) is 4.93. The molecule has 1 rings (SSSR count). The van der Waals surface area contributed by atoms with E-state index in [0.29, 0.717) is 0 Å². The van der Waals surface area contributed by atoms with Crippen LogP contribution in [0.15, 0.2) is 30.3 Å². The van der Waals surface area contributed by atoms with Gasteiger partial charge in [-0.15, -0.1) is 12.4 Å². The molecule has 0 unspecified atom stereocenters. The van der Waals surface area contributed by atoms with Gasteiger partial charge in [-0.1, -0.05) is 18.2 Å². The highest BCUT2D eigenvalue weighted by molar-refractivity contribution is 5.96. The molecule has 0 atom stereocenters. The van der Waals surface area contributed by atoms with Gasteiger partial charge in [-0.2, -0.15) is 0 Å². The van der Waals surface area contributed by atoms with E-state index in [1.54, 1.807) is 7.05 Å². The van der Waals surface area contributed by atoms with Gasteiger partial charge in [0, 0.05) is 12.7 Å². The molecule has 0 aliphatic rings. The minimum Gasteiger partial charge on any atom is -0.346 e.